The summed E-state index contributed by atoms with van der Waals surface area (Å²) in [7, 11) is 1.29. The van der Waals surface area contributed by atoms with E-state index in [2.05, 4.69) is 10.1 Å². The lowest BCUT2D eigenvalue weighted by Gasteiger charge is -2.18. The predicted molar refractivity (Wildman–Crippen MR) is 80.1 cm³/mol. The molecule has 0 saturated heterocycles. The van der Waals surface area contributed by atoms with Crippen LogP contribution in [0.5, 0.6) is 5.75 Å². The van der Waals surface area contributed by atoms with Crippen LogP contribution < -0.4 is 10.1 Å². The van der Waals surface area contributed by atoms with Gasteiger partial charge in [-0.05, 0) is 36.6 Å². The minimum atomic E-state index is -0.679. The number of carbonyl (C=O) groups is 2. The second-order valence-corrected chi connectivity index (χ2v) is 5.20. The Kier molecular flexibility index (Phi) is 6.90. The minimum Gasteiger partial charge on any atom is -0.484 e. The van der Waals surface area contributed by atoms with Gasteiger partial charge in [-0.3, -0.25) is 4.79 Å². The summed E-state index contributed by atoms with van der Waals surface area (Å²) in [6, 6.07) is 7.74. The van der Waals surface area contributed by atoms with Crippen molar-refractivity contribution in [1.82, 2.24) is 5.32 Å². The van der Waals surface area contributed by atoms with E-state index in [0.717, 1.165) is 0 Å². The predicted octanol–water partition coefficient (Wildman–Crippen LogP) is 1.64. The highest BCUT2D eigenvalue weighted by atomic mass is 16.5. The number of methoxy groups -OCH3 is 1. The Morgan fingerprint density at radius 2 is 1.91 bits per heavy atom. The Hall–Kier alpha value is -2.55. The van der Waals surface area contributed by atoms with Gasteiger partial charge in [0.25, 0.3) is 5.91 Å². The summed E-state index contributed by atoms with van der Waals surface area (Å²) in [5, 5.41) is 11.3. The molecule has 22 heavy (non-hydrogen) atoms. The summed E-state index contributed by atoms with van der Waals surface area (Å²) in [5.41, 5.74) is 0.513. The lowest BCUT2D eigenvalue weighted by atomic mass is 10.0. The zero-order valence-corrected chi connectivity index (χ0v) is 13.0. The lowest BCUT2D eigenvalue weighted by molar-refractivity contribution is -0.145. The number of hydrogen-bond acceptors (Lipinski definition) is 5. The fourth-order valence-electron chi connectivity index (χ4n) is 1.84. The molecule has 1 amide bonds. The smallest absolute Gasteiger partial charge is 0.328 e. The minimum absolute atomic E-state index is 0.211. The standard InChI is InChI=1S/C16H20N2O4/c1-11(2)8-14(16(20)21-3)18-15(19)10-22-13-6-4-12(9-17)5-7-13/h4-7,11,14H,8,10H2,1-3H3,(H,18,19)/t14-/m0/s1. The van der Waals surface area contributed by atoms with E-state index in [0.29, 0.717) is 17.7 Å². The van der Waals surface area contributed by atoms with Crippen LogP contribution in [0.2, 0.25) is 0 Å². The third kappa shape index (κ3) is 5.83. The van der Waals surface area contributed by atoms with Crippen LogP contribution in [0.25, 0.3) is 0 Å². The van der Waals surface area contributed by atoms with Gasteiger partial charge in [-0.1, -0.05) is 13.8 Å². The van der Waals surface area contributed by atoms with Gasteiger partial charge in [0, 0.05) is 0 Å². The zero-order chi connectivity index (χ0) is 16.5. The molecule has 1 aromatic carbocycles. The first-order valence-electron chi connectivity index (χ1n) is 6.96. The van der Waals surface area contributed by atoms with E-state index in [1.54, 1.807) is 24.3 Å². The van der Waals surface area contributed by atoms with Crippen molar-refractivity contribution < 1.29 is 19.1 Å². The van der Waals surface area contributed by atoms with Crippen LogP contribution >= 0.6 is 0 Å². The second-order valence-electron chi connectivity index (χ2n) is 5.20. The molecule has 0 aromatic heterocycles. The van der Waals surface area contributed by atoms with Crippen LogP contribution in [0, 0.1) is 17.2 Å². The largest absolute Gasteiger partial charge is 0.484 e. The molecule has 0 unspecified atom stereocenters. The van der Waals surface area contributed by atoms with E-state index in [4.69, 9.17) is 10.00 Å². The van der Waals surface area contributed by atoms with Gasteiger partial charge in [0.05, 0.1) is 18.7 Å². The Balaban J connectivity index is 2.52. The fourth-order valence-corrected chi connectivity index (χ4v) is 1.84. The van der Waals surface area contributed by atoms with Gasteiger partial charge in [0.15, 0.2) is 6.61 Å². The molecule has 0 aliphatic heterocycles. The molecule has 0 radical (unpaired) electrons. The molecule has 0 saturated carbocycles. The summed E-state index contributed by atoms with van der Waals surface area (Å²) in [4.78, 5) is 23.5. The maximum Gasteiger partial charge on any atom is 0.328 e. The fraction of sp³-hybridized carbons (Fsp3) is 0.438. The Bertz CT molecular complexity index is 546. The Morgan fingerprint density at radius 3 is 2.41 bits per heavy atom. The van der Waals surface area contributed by atoms with E-state index >= 15 is 0 Å². The molecule has 0 aliphatic rings. The summed E-state index contributed by atoms with van der Waals surface area (Å²) in [5.74, 6) is -0.155. The van der Waals surface area contributed by atoms with Crippen LogP contribution in [0.4, 0.5) is 0 Å². The molecule has 1 atom stereocenters. The first-order valence-corrected chi connectivity index (χ1v) is 6.96. The third-order valence-corrected chi connectivity index (χ3v) is 2.88. The molecule has 1 aromatic rings. The van der Waals surface area contributed by atoms with Crippen molar-refractivity contribution in [3.63, 3.8) is 0 Å². The topological polar surface area (TPSA) is 88.4 Å². The number of esters is 1. The summed E-state index contributed by atoms with van der Waals surface area (Å²) in [6.07, 6.45) is 0.495. The summed E-state index contributed by atoms with van der Waals surface area (Å²) in [6.45, 7) is 3.70. The van der Waals surface area contributed by atoms with Crippen LogP contribution in [-0.4, -0.2) is 31.6 Å². The van der Waals surface area contributed by atoms with Gasteiger partial charge in [0.2, 0.25) is 0 Å². The molecular formula is C16H20N2O4. The van der Waals surface area contributed by atoms with Gasteiger partial charge in [-0.2, -0.15) is 5.26 Å². The summed E-state index contributed by atoms with van der Waals surface area (Å²) >= 11 is 0. The Morgan fingerprint density at radius 1 is 1.27 bits per heavy atom. The summed E-state index contributed by atoms with van der Waals surface area (Å²) < 4.78 is 9.99. The van der Waals surface area contributed by atoms with Crippen LogP contribution in [0.15, 0.2) is 24.3 Å². The highest BCUT2D eigenvalue weighted by Crippen LogP contribution is 2.11. The van der Waals surface area contributed by atoms with Crippen LogP contribution in [0.1, 0.15) is 25.8 Å². The number of carbonyl (C=O) groups excluding carboxylic acids is 2. The number of hydrogen-bond donors (Lipinski definition) is 1. The number of ether oxygens (including phenoxy) is 2. The maximum absolute atomic E-state index is 11.9. The molecule has 6 heteroatoms. The van der Waals surface area contributed by atoms with Crippen molar-refractivity contribution in [3.05, 3.63) is 29.8 Å². The molecule has 0 fully saturated rings. The highest BCUT2D eigenvalue weighted by Gasteiger charge is 2.22. The van der Waals surface area contributed by atoms with Crippen molar-refractivity contribution in [1.29, 1.82) is 5.26 Å². The molecule has 0 bridgehead atoms. The number of nitriles is 1. The molecule has 0 spiro atoms. The van der Waals surface area contributed by atoms with Crippen molar-refractivity contribution in [2.24, 2.45) is 5.92 Å². The van der Waals surface area contributed by atoms with Crippen LogP contribution in [-0.2, 0) is 14.3 Å². The van der Waals surface area contributed by atoms with Gasteiger partial charge in [0.1, 0.15) is 11.8 Å². The monoisotopic (exact) mass is 304 g/mol. The highest BCUT2D eigenvalue weighted by molar-refractivity contribution is 5.85. The molecule has 1 rings (SSSR count). The molecule has 0 heterocycles. The lowest BCUT2D eigenvalue weighted by Crippen LogP contribution is -2.44. The van der Waals surface area contributed by atoms with Crippen molar-refractivity contribution >= 4 is 11.9 Å². The van der Waals surface area contributed by atoms with Gasteiger partial charge >= 0.3 is 5.97 Å². The average molecular weight is 304 g/mol. The number of nitrogens with zero attached hydrogens (tertiary/aromatic N) is 1. The first kappa shape index (κ1) is 17.5. The van der Waals surface area contributed by atoms with Crippen molar-refractivity contribution in [2.45, 2.75) is 26.3 Å². The van der Waals surface area contributed by atoms with Crippen molar-refractivity contribution in [2.75, 3.05) is 13.7 Å². The normalized spacial score (nSPS) is 11.4. The van der Waals surface area contributed by atoms with Gasteiger partial charge in [-0.15, -0.1) is 0 Å². The number of benzene rings is 1. The van der Waals surface area contributed by atoms with E-state index < -0.39 is 17.9 Å². The van der Waals surface area contributed by atoms with Crippen molar-refractivity contribution in [3.8, 4) is 11.8 Å². The molecule has 6 nitrogen and oxygen atoms in total. The van der Waals surface area contributed by atoms with E-state index in [1.807, 2.05) is 19.9 Å². The molecular weight excluding hydrogens is 284 g/mol. The SMILES string of the molecule is COC(=O)[C@H](CC(C)C)NC(=O)COc1ccc(C#N)cc1. The van der Waals surface area contributed by atoms with E-state index in [-0.39, 0.29) is 12.5 Å². The van der Waals surface area contributed by atoms with E-state index in [9.17, 15) is 9.59 Å². The number of rotatable bonds is 7. The zero-order valence-electron chi connectivity index (χ0n) is 13.0. The molecule has 0 aliphatic carbocycles. The van der Waals surface area contributed by atoms with E-state index in [1.165, 1.54) is 7.11 Å². The quantitative estimate of drug-likeness (QED) is 0.774. The first-order chi connectivity index (χ1) is 10.5. The van der Waals surface area contributed by atoms with Crippen LogP contribution in [0.3, 0.4) is 0 Å². The van der Waals surface area contributed by atoms with Gasteiger partial charge < -0.3 is 14.8 Å². The second kappa shape index (κ2) is 8.67. The molecule has 1 N–H and O–H groups in total. The maximum atomic E-state index is 11.9. The van der Waals surface area contributed by atoms with Gasteiger partial charge in [-0.25, -0.2) is 4.79 Å². The molecule has 118 valence electrons. The Labute approximate surface area is 130 Å². The number of amides is 1. The number of nitrogens with one attached hydrogen (secondary N) is 1. The average Bonchev–Trinajstić information content (AvgIpc) is 2.51. The third-order valence-electron chi connectivity index (χ3n) is 2.88.